The summed E-state index contributed by atoms with van der Waals surface area (Å²) in [5, 5.41) is 11.3. The zero-order chi connectivity index (χ0) is 7.61. The summed E-state index contributed by atoms with van der Waals surface area (Å²) in [5.41, 5.74) is -0.686. The highest BCUT2D eigenvalue weighted by atomic mass is 16.3. The second-order valence-electron chi connectivity index (χ2n) is 4.11. The largest absolute Gasteiger partial charge is 0.230 e. The van der Waals surface area contributed by atoms with Crippen LogP contribution in [0.25, 0.3) is 0 Å². The van der Waals surface area contributed by atoms with Crippen LogP contribution in [0.1, 0.15) is 46.0 Å². The summed E-state index contributed by atoms with van der Waals surface area (Å²) in [6, 6.07) is 0. The Labute approximate surface area is 63.4 Å². The molecule has 1 nitrogen and oxygen atoms in total. The predicted octanol–water partition coefficient (Wildman–Crippen LogP) is 2.78. The smallest absolute Gasteiger partial charge is 0.0983 e. The maximum atomic E-state index is 11.3. The molecule has 1 rings (SSSR count). The second-order valence-corrected chi connectivity index (χ2v) is 4.11. The highest BCUT2D eigenvalue weighted by Gasteiger charge is 2.24. The van der Waals surface area contributed by atoms with E-state index in [2.05, 4.69) is 0 Å². The lowest BCUT2D eigenvalue weighted by Gasteiger charge is -2.18. The van der Waals surface area contributed by atoms with Crippen LogP contribution < -0.4 is 0 Å². The lowest BCUT2D eigenvalue weighted by atomic mass is 9.93. The first-order valence-electron chi connectivity index (χ1n) is 4.28. The van der Waals surface area contributed by atoms with Gasteiger partial charge in [0, 0.05) is 0 Å². The Kier molecular flexibility index (Phi) is 2.35. The molecule has 1 heteroatoms. The van der Waals surface area contributed by atoms with E-state index in [9.17, 15) is 5.11 Å². The highest BCUT2D eigenvalue weighted by Crippen LogP contribution is 2.31. The molecule has 0 unspecified atom stereocenters. The van der Waals surface area contributed by atoms with E-state index >= 15 is 0 Å². The first-order valence-corrected chi connectivity index (χ1v) is 4.28. The maximum Gasteiger partial charge on any atom is 0.0983 e. The molecule has 1 radical (unpaired) electrons. The van der Waals surface area contributed by atoms with Gasteiger partial charge < -0.3 is 0 Å². The Morgan fingerprint density at radius 3 is 2.20 bits per heavy atom. The molecule has 0 atom stereocenters. The molecular weight excluding hydrogens is 124 g/mol. The van der Waals surface area contributed by atoms with Crippen molar-refractivity contribution in [2.75, 3.05) is 0 Å². The van der Waals surface area contributed by atoms with Gasteiger partial charge in [-0.1, -0.05) is 25.7 Å². The van der Waals surface area contributed by atoms with Crippen LogP contribution >= 0.6 is 0 Å². The van der Waals surface area contributed by atoms with Gasteiger partial charge >= 0.3 is 0 Å². The van der Waals surface area contributed by atoms with Crippen molar-refractivity contribution in [2.24, 2.45) is 5.92 Å². The van der Waals surface area contributed by atoms with E-state index in [4.69, 9.17) is 0 Å². The zero-order valence-electron chi connectivity index (χ0n) is 7.02. The monoisotopic (exact) mass is 141 g/mol. The molecule has 0 aromatic rings. The van der Waals surface area contributed by atoms with Crippen LogP contribution in [0, 0.1) is 5.92 Å². The molecule has 0 N–H and O–H groups in total. The van der Waals surface area contributed by atoms with Crippen molar-refractivity contribution in [1.29, 1.82) is 0 Å². The van der Waals surface area contributed by atoms with Crippen molar-refractivity contribution >= 4 is 0 Å². The van der Waals surface area contributed by atoms with Crippen molar-refractivity contribution in [3.05, 3.63) is 0 Å². The van der Waals surface area contributed by atoms with Crippen molar-refractivity contribution in [1.82, 2.24) is 0 Å². The van der Waals surface area contributed by atoms with Crippen molar-refractivity contribution < 1.29 is 5.11 Å². The van der Waals surface area contributed by atoms with E-state index in [0.29, 0.717) is 0 Å². The summed E-state index contributed by atoms with van der Waals surface area (Å²) in [6.45, 7) is 3.59. The summed E-state index contributed by atoms with van der Waals surface area (Å²) >= 11 is 0. The highest BCUT2D eigenvalue weighted by molar-refractivity contribution is 4.75. The SMILES string of the molecule is CC(C)([O])CC1CCCC1. The Morgan fingerprint density at radius 2 is 1.80 bits per heavy atom. The maximum absolute atomic E-state index is 11.3. The lowest BCUT2D eigenvalue weighted by molar-refractivity contribution is -0.0157. The molecule has 1 fully saturated rings. The van der Waals surface area contributed by atoms with E-state index in [1.54, 1.807) is 13.8 Å². The van der Waals surface area contributed by atoms with Gasteiger partial charge in [0.1, 0.15) is 0 Å². The van der Waals surface area contributed by atoms with Gasteiger partial charge in [0.2, 0.25) is 0 Å². The normalized spacial score (nSPS) is 21.9. The van der Waals surface area contributed by atoms with Gasteiger partial charge in [-0.25, -0.2) is 5.11 Å². The molecule has 0 heterocycles. The Balaban J connectivity index is 2.24. The average Bonchev–Trinajstić information content (AvgIpc) is 2.12. The third-order valence-electron chi connectivity index (χ3n) is 2.26. The molecular formula is C9H17O. The van der Waals surface area contributed by atoms with Crippen LogP contribution in [-0.2, 0) is 5.11 Å². The zero-order valence-corrected chi connectivity index (χ0v) is 7.02. The number of hydrogen-bond donors (Lipinski definition) is 0. The minimum atomic E-state index is -0.686. The molecule has 0 aliphatic heterocycles. The molecule has 0 amide bonds. The van der Waals surface area contributed by atoms with Crippen LogP contribution in [0.15, 0.2) is 0 Å². The van der Waals surface area contributed by atoms with Crippen LogP contribution in [-0.4, -0.2) is 5.60 Å². The third kappa shape index (κ3) is 2.70. The van der Waals surface area contributed by atoms with Gasteiger partial charge in [0.05, 0.1) is 5.60 Å². The third-order valence-corrected chi connectivity index (χ3v) is 2.26. The standard InChI is InChI=1S/C9H17O/c1-9(2,10)7-8-5-3-4-6-8/h8H,3-7H2,1-2H3. The van der Waals surface area contributed by atoms with Crippen molar-refractivity contribution in [2.45, 2.75) is 51.6 Å². The fourth-order valence-electron chi connectivity index (χ4n) is 1.91. The lowest BCUT2D eigenvalue weighted by Crippen LogP contribution is -2.20. The Bertz CT molecular complexity index is 95.8. The van der Waals surface area contributed by atoms with E-state index in [0.717, 1.165) is 12.3 Å². The van der Waals surface area contributed by atoms with Crippen LogP contribution in [0.3, 0.4) is 0 Å². The number of hydrogen-bond acceptors (Lipinski definition) is 0. The summed E-state index contributed by atoms with van der Waals surface area (Å²) < 4.78 is 0. The molecule has 0 bridgehead atoms. The van der Waals surface area contributed by atoms with Gasteiger partial charge in [0.25, 0.3) is 0 Å². The first kappa shape index (κ1) is 8.06. The van der Waals surface area contributed by atoms with Gasteiger partial charge in [-0.3, -0.25) is 0 Å². The predicted molar refractivity (Wildman–Crippen MR) is 41.3 cm³/mol. The molecule has 0 aromatic heterocycles. The van der Waals surface area contributed by atoms with Gasteiger partial charge in [-0.2, -0.15) is 0 Å². The summed E-state index contributed by atoms with van der Waals surface area (Å²) in [4.78, 5) is 0. The summed E-state index contributed by atoms with van der Waals surface area (Å²) in [6.07, 6.45) is 6.17. The molecule has 0 spiro atoms. The summed E-state index contributed by atoms with van der Waals surface area (Å²) in [5.74, 6) is 0.743. The van der Waals surface area contributed by atoms with E-state index < -0.39 is 5.60 Å². The minimum absolute atomic E-state index is 0.686. The van der Waals surface area contributed by atoms with Crippen LogP contribution in [0.4, 0.5) is 0 Å². The molecule has 1 saturated carbocycles. The fourth-order valence-corrected chi connectivity index (χ4v) is 1.91. The minimum Gasteiger partial charge on any atom is -0.230 e. The molecule has 0 aromatic carbocycles. The molecule has 59 valence electrons. The topological polar surface area (TPSA) is 19.9 Å². The Morgan fingerprint density at radius 1 is 1.30 bits per heavy atom. The van der Waals surface area contributed by atoms with Crippen LogP contribution in [0.2, 0.25) is 0 Å². The average molecular weight is 141 g/mol. The van der Waals surface area contributed by atoms with E-state index in [1.165, 1.54) is 25.7 Å². The van der Waals surface area contributed by atoms with Gasteiger partial charge in [-0.05, 0) is 26.2 Å². The summed E-state index contributed by atoms with van der Waals surface area (Å²) in [7, 11) is 0. The first-order chi connectivity index (χ1) is 4.58. The molecule has 10 heavy (non-hydrogen) atoms. The molecule has 0 saturated heterocycles. The fraction of sp³-hybridized carbons (Fsp3) is 1.00. The van der Waals surface area contributed by atoms with Crippen molar-refractivity contribution in [3.8, 4) is 0 Å². The number of rotatable bonds is 2. The second kappa shape index (κ2) is 2.91. The molecule has 1 aliphatic carbocycles. The van der Waals surface area contributed by atoms with Crippen molar-refractivity contribution in [3.63, 3.8) is 0 Å². The van der Waals surface area contributed by atoms with Gasteiger partial charge in [0.15, 0.2) is 0 Å². The van der Waals surface area contributed by atoms with Gasteiger partial charge in [-0.15, -0.1) is 0 Å². The Hall–Kier alpha value is -0.0400. The van der Waals surface area contributed by atoms with Crippen LogP contribution in [0.5, 0.6) is 0 Å². The van der Waals surface area contributed by atoms with E-state index in [-0.39, 0.29) is 0 Å². The molecule has 1 aliphatic rings. The van der Waals surface area contributed by atoms with E-state index in [1.807, 2.05) is 0 Å². The quantitative estimate of drug-likeness (QED) is 0.563.